The minimum absolute atomic E-state index is 0.280. The quantitative estimate of drug-likeness (QED) is 0.729. The number of ether oxygens (including phenoxy) is 2. The van der Waals surface area contributed by atoms with Crippen molar-refractivity contribution in [2.24, 2.45) is 0 Å². The minimum Gasteiger partial charge on any atom is -0.495 e. The zero-order valence-electron chi connectivity index (χ0n) is 12.8. The van der Waals surface area contributed by atoms with E-state index in [2.05, 4.69) is 10.3 Å². The van der Waals surface area contributed by atoms with Crippen LogP contribution in [0.15, 0.2) is 40.3 Å². The number of hydrogen-bond donors (Lipinski definition) is 1. The highest BCUT2D eigenvalue weighted by atomic mass is 35.5. The number of halogens is 1. The molecule has 0 saturated carbocycles. The van der Waals surface area contributed by atoms with E-state index in [0.29, 0.717) is 33.0 Å². The fourth-order valence-corrected chi connectivity index (χ4v) is 3.03. The van der Waals surface area contributed by atoms with Crippen molar-refractivity contribution in [2.75, 3.05) is 19.5 Å². The maximum atomic E-state index is 12.4. The maximum Gasteiger partial charge on any atom is 0.275 e. The summed E-state index contributed by atoms with van der Waals surface area (Å²) in [6.07, 6.45) is 1.56. The molecular weight excluding hydrogens is 352 g/mol. The molecule has 3 rings (SSSR count). The van der Waals surface area contributed by atoms with Gasteiger partial charge in [0.15, 0.2) is 10.8 Å². The van der Waals surface area contributed by atoms with Gasteiger partial charge in [0, 0.05) is 17.5 Å². The van der Waals surface area contributed by atoms with Crippen molar-refractivity contribution >= 4 is 34.5 Å². The molecule has 0 bridgehead atoms. The first-order valence-corrected chi connectivity index (χ1v) is 8.10. The van der Waals surface area contributed by atoms with Gasteiger partial charge in [-0.1, -0.05) is 11.6 Å². The number of thiazole rings is 1. The average molecular weight is 365 g/mol. The van der Waals surface area contributed by atoms with Crippen molar-refractivity contribution in [2.45, 2.75) is 0 Å². The van der Waals surface area contributed by atoms with Crippen LogP contribution in [-0.2, 0) is 0 Å². The molecule has 1 amide bonds. The molecule has 0 aliphatic heterocycles. The van der Waals surface area contributed by atoms with Gasteiger partial charge in [0.2, 0.25) is 0 Å². The highest BCUT2D eigenvalue weighted by Crippen LogP contribution is 2.36. The second-order valence-corrected chi connectivity index (χ2v) is 5.92. The van der Waals surface area contributed by atoms with E-state index in [1.165, 1.54) is 25.6 Å². The zero-order valence-corrected chi connectivity index (χ0v) is 14.4. The average Bonchev–Trinajstić information content (AvgIpc) is 3.26. The molecule has 1 N–H and O–H groups in total. The van der Waals surface area contributed by atoms with Crippen molar-refractivity contribution in [3.05, 3.63) is 46.6 Å². The largest absolute Gasteiger partial charge is 0.495 e. The van der Waals surface area contributed by atoms with Gasteiger partial charge in [-0.2, -0.15) is 0 Å². The standard InChI is InChI=1S/C16H13ClN2O4S/c1-21-13-7-10(14(22-2)6-9(13)17)18-15(20)11-8-24-16(19-11)12-4-3-5-23-12/h3-8H,1-2H3,(H,18,20). The fourth-order valence-electron chi connectivity index (χ4n) is 2.04. The zero-order chi connectivity index (χ0) is 17.1. The smallest absolute Gasteiger partial charge is 0.275 e. The maximum absolute atomic E-state index is 12.4. The lowest BCUT2D eigenvalue weighted by Crippen LogP contribution is -2.13. The Kier molecular flexibility index (Phi) is 4.73. The summed E-state index contributed by atoms with van der Waals surface area (Å²) in [5.74, 6) is 1.11. The van der Waals surface area contributed by atoms with Crippen molar-refractivity contribution in [1.29, 1.82) is 0 Å². The molecule has 0 aliphatic rings. The van der Waals surface area contributed by atoms with Gasteiger partial charge in [0.25, 0.3) is 5.91 Å². The van der Waals surface area contributed by atoms with Gasteiger partial charge < -0.3 is 19.2 Å². The van der Waals surface area contributed by atoms with Crippen LogP contribution in [-0.4, -0.2) is 25.1 Å². The number of amides is 1. The number of carbonyl (C=O) groups is 1. The molecule has 0 radical (unpaired) electrons. The van der Waals surface area contributed by atoms with Crippen LogP contribution in [0.5, 0.6) is 11.5 Å². The van der Waals surface area contributed by atoms with Crippen molar-refractivity contribution in [1.82, 2.24) is 4.98 Å². The predicted molar refractivity (Wildman–Crippen MR) is 92.3 cm³/mol. The summed E-state index contributed by atoms with van der Waals surface area (Å²) in [5, 5.41) is 5.43. The van der Waals surface area contributed by atoms with Gasteiger partial charge in [0.05, 0.1) is 31.2 Å². The number of aromatic nitrogens is 1. The van der Waals surface area contributed by atoms with E-state index < -0.39 is 0 Å². The highest BCUT2D eigenvalue weighted by molar-refractivity contribution is 7.13. The van der Waals surface area contributed by atoms with E-state index in [0.717, 1.165) is 0 Å². The third kappa shape index (κ3) is 3.22. The van der Waals surface area contributed by atoms with Gasteiger partial charge in [-0.3, -0.25) is 4.79 Å². The Morgan fingerprint density at radius 1 is 1.29 bits per heavy atom. The lowest BCUT2D eigenvalue weighted by Gasteiger charge is -2.12. The number of anilines is 1. The Hall–Kier alpha value is -2.51. The molecule has 8 heteroatoms. The number of nitrogens with one attached hydrogen (secondary N) is 1. The van der Waals surface area contributed by atoms with E-state index in [4.69, 9.17) is 25.5 Å². The van der Waals surface area contributed by atoms with Gasteiger partial charge >= 0.3 is 0 Å². The summed E-state index contributed by atoms with van der Waals surface area (Å²) in [5.41, 5.74) is 0.721. The molecule has 1 aromatic carbocycles. The normalized spacial score (nSPS) is 10.5. The summed E-state index contributed by atoms with van der Waals surface area (Å²) in [4.78, 5) is 16.7. The summed E-state index contributed by atoms with van der Waals surface area (Å²) < 4.78 is 15.7. The number of carbonyl (C=O) groups excluding carboxylic acids is 1. The summed E-state index contributed by atoms with van der Waals surface area (Å²) in [7, 11) is 2.99. The molecule has 0 aliphatic carbocycles. The molecule has 0 spiro atoms. The molecule has 3 aromatic rings. The summed E-state index contributed by atoms with van der Waals surface area (Å²) in [6.45, 7) is 0. The Bertz CT molecular complexity index is 861. The molecule has 24 heavy (non-hydrogen) atoms. The fraction of sp³-hybridized carbons (Fsp3) is 0.125. The van der Waals surface area contributed by atoms with Crippen LogP contribution < -0.4 is 14.8 Å². The van der Waals surface area contributed by atoms with Crippen molar-refractivity contribution in [3.8, 4) is 22.3 Å². The lowest BCUT2D eigenvalue weighted by atomic mass is 10.2. The van der Waals surface area contributed by atoms with Crippen LogP contribution in [0.3, 0.4) is 0 Å². The van der Waals surface area contributed by atoms with E-state index in [1.54, 1.807) is 35.9 Å². The van der Waals surface area contributed by atoms with Crippen LogP contribution in [0.2, 0.25) is 5.02 Å². The van der Waals surface area contributed by atoms with Crippen LogP contribution in [0, 0.1) is 0 Å². The molecule has 0 unspecified atom stereocenters. The number of furan rings is 1. The van der Waals surface area contributed by atoms with E-state index >= 15 is 0 Å². The first-order chi connectivity index (χ1) is 11.6. The van der Waals surface area contributed by atoms with E-state index in [-0.39, 0.29) is 11.6 Å². The Morgan fingerprint density at radius 2 is 2.08 bits per heavy atom. The predicted octanol–water partition coefficient (Wildman–Crippen LogP) is 4.33. The second kappa shape index (κ2) is 6.94. The number of methoxy groups -OCH3 is 2. The molecule has 2 aromatic heterocycles. The highest BCUT2D eigenvalue weighted by Gasteiger charge is 2.17. The molecule has 0 saturated heterocycles. The van der Waals surface area contributed by atoms with Gasteiger partial charge in [-0.25, -0.2) is 4.98 Å². The van der Waals surface area contributed by atoms with Gasteiger partial charge in [-0.15, -0.1) is 11.3 Å². The van der Waals surface area contributed by atoms with Crippen molar-refractivity contribution in [3.63, 3.8) is 0 Å². The molecular formula is C16H13ClN2O4S. The Labute approximate surface area is 147 Å². The van der Waals surface area contributed by atoms with Crippen LogP contribution in [0.4, 0.5) is 5.69 Å². The first kappa shape index (κ1) is 16.4. The van der Waals surface area contributed by atoms with E-state index in [9.17, 15) is 4.79 Å². The second-order valence-electron chi connectivity index (χ2n) is 4.66. The monoisotopic (exact) mass is 364 g/mol. The Morgan fingerprint density at radius 3 is 2.75 bits per heavy atom. The number of rotatable bonds is 5. The van der Waals surface area contributed by atoms with Gasteiger partial charge in [0.1, 0.15) is 17.2 Å². The number of nitrogens with zero attached hydrogens (tertiary/aromatic N) is 1. The van der Waals surface area contributed by atoms with Crippen molar-refractivity contribution < 1.29 is 18.7 Å². The molecule has 0 fully saturated rings. The van der Waals surface area contributed by atoms with Gasteiger partial charge in [-0.05, 0) is 12.1 Å². The number of benzene rings is 1. The third-order valence-electron chi connectivity index (χ3n) is 3.19. The SMILES string of the molecule is COc1cc(NC(=O)c2csc(-c3ccco3)n2)c(OC)cc1Cl. The minimum atomic E-state index is -0.369. The topological polar surface area (TPSA) is 73.6 Å². The molecule has 2 heterocycles. The van der Waals surface area contributed by atoms with Crippen LogP contribution in [0.25, 0.3) is 10.8 Å². The summed E-state index contributed by atoms with van der Waals surface area (Å²) in [6, 6.07) is 6.72. The Balaban J connectivity index is 1.85. The first-order valence-electron chi connectivity index (χ1n) is 6.84. The third-order valence-corrected chi connectivity index (χ3v) is 4.34. The molecule has 6 nitrogen and oxygen atoms in total. The number of hydrogen-bond acceptors (Lipinski definition) is 6. The summed E-state index contributed by atoms with van der Waals surface area (Å²) >= 11 is 7.38. The van der Waals surface area contributed by atoms with Crippen LogP contribution in [0.1, 0.15) is 10.5 Å². The molecule has 124 valence electrons. The van der Waals surface area contributed by atoms with E-state index in [1.807, 2.05) is 0 Å². The molecule has 0 atom stereocenters. The van der Waals surface area contributed by atoms with Crippen LogP contribution >= 0.6 is 22.9 Å². The lowest BCUT2D eigenvalue weighted by molar-refractivity contribution is 0.102.